The lowest BCUT2D eigenvalue weighted by molar-refractivity contribution is 0.0494. The summed E-state index contributed by atoms with van der Waals surface area (Å²) in [6.07, 6.45) is 4.91. The van der Waals surface area contributed by atoms with E-state index in [2.05, 4.69) is 48.4 Å². The minimum atomic E-state index is -0.318. The van der Waals surface area contributed by atoms with Gasteiger partial charge in [-0.25, -0.2) is 9.48 Å². The molecule has 2 saturated heterocycles. The molecule has 0 saturated carbocycles. The van der Waals surface area contributed by atoms with Crippen LogP contribution in [0.4, 0.5) is 16.3 Å². The molecule has 0 radical (unpaired) electrons. The maximum Gasteiger partial charge on any atom is 0.324 e. The second kappa shape index (κ2) is 12.1. The first-order chi connectivity index (χ1) is 22.5. The number of carbonyl (C=O) groups excluding carboxylic acids is 2. The first-order valence-electron chi connectivity index (χ1n) is 16.7. The van der Waals surface area contributed by atoms with E-state index in [0.29, 0.717) is 17.5 Å². The third-order valence-electron chi connectivity index (χ3n) is 9.81. The molecule has 2 aliphatic rings. The van der Waals surface area contributed by atoms with E-state index in [4.69, 9.17) is 9.52 Å². The fraction of sp³-hybridized carbons (Fsp3) is 0.359. The van der Waals surface area contributed by atoms with Gasteiger partial charge in [0.15, 0.2) is 5.76 Å². The van der Waals surface area contributed by atoms with Crippen LogP contribution in [0.25, 0.3) is 16.7 Å². The lowest BCUT2D eigenvalue weighted by atomic mass is 9.85. The Balaban J connectivity index is 1.01. The van der Waals surface area contributed by atoms with Crippen molar-refractivity contribution >= 4 is 34.4 Å². The molecule has 3 aromatic carbocycles. The molecule has 2 bridgehead atoms. The highest BCUT2D eigenvalue weighted by Crippen LogP contribution is 2.42. The highest BCUT2D eigenvalue weighted by molar-refractivity contribution is 6.00. The molecule has 47 heavy (non-hydrogen) atoms. The molecule has 2 aliphatic heterocycles. The lowest BCUT2D eigenvalue weighted by Gasteiger charge is -2.38. The third-order valence-corrected chi connectivity index (χ3v) is 9.81. The number of fused-ring (bicyclic) bond motifs is 3. The molecule has 242 valence electrons. The van der Waals surface area contributed by atoms with Crippen molar-refractivity contribution in [2.24, 2.45) is 5.92 Å². The molecular weight excluding hydrogens is 586 g/mol. The van der Waals surface area contributed by atoms with Crippen LogP contribution in [0.1, 0.15) is 79.4 Å². The summed E-state index contributed by atoms with van der Waals surface area (Å²) in [5.74, 6) is 1.59. The summed E-state index contributed by atoms with van der Waals surface area (Å²) in [7, 11) is 0. The Morgan fingerprint density at radius 3 is 2.32 bits per heavy atom. The van der Waals surface area contributed by atoms with Crippen LogP contribution >= 0.6 is 0 Å². The van der Waals surface area contributed by atoms with E-state index >= 15 is 0 Å². The number of hydrogen-bond donors (Lipinski definition) is 2. The summed E-state index contributed by atoms with van der Waals surface area (Å²) in [4.78, 5) is 29.1. The van der Waals surface area contributed by atoms with Crippen molar-refractivity contribution in [2.75, 3.05) is 10.6 Å². The molecule has 5 aromatic rings. The fourth-order valence-corrected chi connectivity index (χ4v) is 7.39. The fourth-order valence-electron chi connectivity index (χ4n) is 7.39. The Morgan fingerprint density at radius 2 is 1.62 bits per heavy atom. The average Bonchev–Trinajstić information content (AvgIpc) is 3.69. The van der Waals surface area contributed by atoms with Crippen LogP contribution in [0, 0.1) is 19.8 Å². The van der Waals surface area contributed by atoms with Gasteiger partial charge in [0.2, 0.25) is 0 Å². The summed E-state index contributed by atoms with van der Waals surface area (Å²) in [6, 6.07) is 26.1. The van der Waals surface area contributed by atoms with Gasteiger partial charge in [0, 0.05) is 40.2 Å². The van der Waals surface area contributed by atoms with Crippen LogP contribution in [0.15, 0.2) is 83.3 Å². The number of amides is 3. The number of nitrogens with one attached hydrogen (secondary N) is 2. The number of furan rings is 1. The van der Waals surface area contributed by atoms with Crippen LogP contribution in [-0.4, -0.2) is 38.7 Å². The monoisotopic (exact) mass is 629 g/mol. The molecule has 8 nitrogen and oxygen atoms in total. The van der Waals surface area contributed by atoms with Crippen molar-refractivity contribution in [3.8, 4) is 5.69 Å². The van der Waals surface area contributed by atoms with Gasteiger partial charge >= 0.3 is 6.03 Å². The zero-order valence-corrected chi connectivity index (χ0v) is 27.8. The summed E-state index contributed by atoms with van der Waals surface area (Å²) in [5, 5.41) is 11.9. The minimum absolute atomic E-state index is 0.0280. The third kappa shape index (κ3) is 6.16. The summed E-state index contributed by atoms with van der Waals surface area (Å²) < 4.78 is 7.85. The second-order valence-corrected chi connectivity index (χ2v) is 14.4. The van der Waals surface area contributed by atoms with Gasteiger partial charge in [-0.1, -0.05) is 68.8 Å². The minimum Gasteiger partial charge on any atom is -0.451 e. The van der Waals surface area contributed by atoms with E-state index in [-0.39, 0.29) is 29.4 Å². The number of para-hydroxylation sites is 1. The van der Waals surface area contributed by atoms with Gasteiger partial charge in [0.25, 0.3) is 5.91 Å². The molecule has 2 aromatic heterocycles. The Bertz CT molecular complexity index is 1930. The predicted octanol–water partition coefficient (Wildman–Crippen LogP) is 8.80. The molecule has 2 atom stereocenters. The number of piperidine rings is 1. The quantitative estimate of drug-likeness (QED) is 0.196. The normalized spacial score (nSPS) is 19.3. The largest absolute Gasteiger partial charge is 0.451 e. The predicted molar refractivity (Wildman–Crippen MR) is 186 cm³/mol. The first kappa shape index (κ1) is 30.8. The molecule has 4 heterocycles. The summed E-state index contributed by atoms with van der Waals surface area (Å²) >= 11 is 0. The number of rotatable bonds is 6. The van der Waals surface area contributed by atoms with Crippen molar-refractivity contribution in [3.63, 3.8) is 0 Å². The summed E-state index contributed by atoms with van der Waals surface area (Å²) in [5.41, 5.74) is 6.38. The van der Waals surface area contributed by atoms with Gasteiger partial charge in [-0.3, -0.25) is 10.1 Å². The average molecular weight is 630 g/mol. The lowest BCUT2D eigenvalue weighted by Crippen LogP contribution is -2.47. The number of anilines is 2. The van der Waals surface area contributed by atoms with E-state index < -0.39 is 0 Å². The van der Waals surface area contributed by atoms with Crippen LogP contribution in [0.2, 0.25) is 0 Å². The van der Waals surface area contributed by atoms with Crippen molar-refractivity contribution in [3.05, 3.63) is 107 Å². The van der Waals surface area contributed by atoms with E-state index in [1.54, 1.807) is 4.68 Å². The highest BCUT2D eigenvalue weighted by Gasteiger charge is 2.44. The molecular formula is C39H43N5O3. The number of nitrogens with zero attached hydrogens (tertiary/aromatic N) is 3. The van der Waals surface area contributed by atoms with Crippen LogP contribution in [0.5, 0.6) is 0 Å². The molecule has 0 spiro atoms. The van der Waals surface area contributed by atoms with Gasteiger partial charge in [-0.2, -0.15) is 5.10 Å². The Morgan fingerprint density at radius 1 is 0.894 bits per heavy atom. The first-order valence-corrected chi connectivity index (χ1v) is 16.7. The van der Waals surface area contributed by atoms with Gasteiger partial charge < -0.3 is 14.6 Å². The molecule has 8 heteroatoms. The molecule has 2 unspecified atom stereocenters. The Hall–Kier alpha value is -4.85. The van der Waals surface area contributed by atoms with Gasteiger partial charge in [0.1, 0.15) is 11.4 Å². The van der Waals surface area contributed by atoms with E-state index in [1.165, 1.54) is 5.56 Å². The number of benzene rings is 3. The van der Waals surface area contributed by atoms with Gasteiger partial charge in [-0.15, -0.1) is 0 Å². The van der Waals surface area contributed by atoms with E-state index in [0.717, 1.165) is 71.3 Å². The SMILES string of the molecule is Cc1ccc(-n2nc(C(C)(C)C)cc2NC(=O)Nc2cccc(CC3CC4CCC(C3)N4C(=O)c3oc4ccccc4c3C)c2)cc1. The molecule has 0 aliphatic carbocycles. The van der Waals surface area contributed by atoms with Crippen molar-refractivity contribution in [1.82, 2.24) is 14.7 Å². The Labute approximate surface area is 276 Å². The Kier molecular flexibility index (Phi) is 7.90. The second-order valence-electron chi connectivity index (χ2n) is 14.4. The number of hydrogen-bond acceptors (Lipinski definition) is 4. The molecule has 3 amide bonds. The molecule has 2 fully saturated rings. The zero-order chi connectivity index (χ0) is 32.9. The molecule has 7 rings (SSSR count). The molecule has 2 N–H and O–H groups in total. The van der Waals surface area contributed by atoms with E-state index in [1.807, 2.05) is 80.6 Å². The van der Waals surface area contributed by atoms with Crippen LogP contribution < -0.4 is 10.6 Å². The van der Waals surface area contributed by atoms with Gasteiger partial charge in [-0.05, 0) is 87.8 Å². The van der Waals surface area contributed by atoms with Gasteiger partial charge in [0.05, 0.1) is 11.4 Å². The maximum atomic E-state index is 13.7. The van der Waals surface area contributed by atoms with Crippen molar-refractivity contribution in [1.29, 1.82) is 0 Å². The van der Waals surface area contributed by atoms with Crippen LogP contribution in [-0.2, 0) is 11.8 Å². The number of aromatic nitrogens is 2. The smallest absolute Gasteiger partial charge is 0.324 e. The highest BCUT2D eigenvalue weighted by atomic mass is 16.3. The topological polar surface area (TPSA) is 92.4 Å². The van der Waals surface area contributed by atoms with E-state index in [9.17, 15) is 9.59 Å². The zero-order valence-electron chi connectivity index (χ0n) is 27.8. The van der Waals surface area contributed by atoms with Crippen molar-refractivity contribution < 1.29 is 14.0 Å². The maximum absolute atomic E-state index is 13.7. The van der Waals surface area contributed by atoms with Crippen LogP contribution in [0.3, 0.4) is 0 Å². The van der Waals surface area contributed by atoms with Crippen molar-refractivity contribution in [2.45, 2.75) is 84.2 Å². The number of urea groups is 1. The number of aryl methyl sites for hydroxylation is 2. The number of carbonyl (C=O) groups is 2. The standard InChI is InChI=1S/C39H43N5O3/c1-24-13-15-29(16-14-24)44-35(23-34(42-44)39(3,4)5)41-38(46)40-28-10-8-9-26(20-28)19-27-21-30-17-18-31(22-27)43(30)37(45)36-25(2)32-11-6-7-12-33(32)47-36/h6-16,20,23,27,30-31H,17-19,21-22H2,1-5H3,(H2,40,41,46). The summed E-state index contributed by atoms with van der Waals surface area (Å²) in [6.45, 7) is 10.4.